The molecule has 0 aliphatic carbocycles. The summed E-state index contributed by atoms with van der Waals surface area (Å²) < 4.78 is 5.17. The molecule has 1 aliphatic heterocycles. The summed E-state index contributed by atoms with van der Waals surface area (Å²) in [6.07, 6.45) is -0.476. The van der Waals surface area contributed by atoms with E-state index in [1.165, 1.54) is 0 Å². The number of hydrogen-bond acceptors (Lipinski definition) is 4. The summed E-state index contributed by atoms with van der Waals surface area (Å²) in [5.74, 6) is -0.528. The number of amides is 1. The molecule has 0 spiro atoms. The first-order valence-corrected chi connectivity index (χ1v) is 9.68. The van der Waals surface area contributed by atoms with Gasteiger partial charge >= 0.3 is 5.97 Å². The number of benzene rings is 3. The fourth-order valence-electron chi connectivity index (χ4n) is 3.47. The van der Waals surface area contributed by atoms with Crippen LogP contribution in [0.3, 0.4) is 0 Å². The van der Waals surface area contributed by atoms with Gasteiger partial charge in [-0.2, -0.15) is 0 Å². The molecule has 29 heavy (non-hydrogen) atoms. The smallest absolute Gasteiger partial charge is 0.340 e. The third-order valence-corrected chi connectivity index (χ3v) is 5.03. The highest BCUT2D eigenvalue weighted by molar-refractivity contribution is 6.30. The van der Waals surface area contributed by atoms with Gasteiger partial charge in [0.1, 0.15) is 6.17 Å². The molecule has 4 rings (SSSR count). The Balaban J connectivity index is 1.77. The number of hydrogen-bond donors (Lipinski definition) is 1. The lowest BCUT2D eigenvalue weighted by atomic mass is 10.1. The van der Waals surface area contributed by atoms with E-state index in [-0.39, 0.29) is 12.5 Å². The maximum atomic E-state index is 13.2. The van der Waals surface area contributed by atoms with Gasteiger partial charge in [-0.1, -0.05) is 41.9 Å². The number of nitrogens with one attached hydrogen (secondary N) is 1. The summed E-state index contributed by atoms with van der Waals surface area (Å²) in [4.78, 5) is 27.2. The number of anilines is 2. The van der Waals surface area contributed by atoms with Crippen molar-refractivity contribution in [1.82, 2.24) is 0 Å². The minimum Gasteiger partial charge on any atom is -0.462 e. The first-order valence-electron chi connectivity index (χ1n) is 9.31. The molecule has 1 N–H and O–H groups in total. The van der Waals surface area contributed by atoms with E-state index in [1.54, 1.807) is 60.4 Å². The number of carbonyl (C=O) groups is 2. The standard InChI is InChI=1S/C23H19ClN2O3/c1-2-29-23(28)19-9-5-6-10-20(19)25-21-17-7-3-4-8-18(17)22(27)26(21)16-13-11-15(24)12-14-16/h3-14,21,25H,2H2,1H3/t21-/m0/s1. The van der Waals surface area contributed by atoms with E-state index in [4.69, 9.17) is 16.3 Å². The van der Waals surface area contributed by atoms with Crippen molar-refractivity contribution in [1.29, 1.82) is 0 Å². The molecule has 0 saturated heterocycles. The Morgan fingerprint density at radius 2 is 1.72 bits per heavy atom. The molecule has 3 aromatic carbocycles. The lowest BCUT2D eigenvalue weighted by Crippen LogP contribution is -2.32. The minimum absolute atomic E-state index is 0.117. The second kappa shape index (κ2) is 7.97. The van der Waals surface area contributed by atoms with Gasteiger partial charge in [0.05, 0.1) is 17.9 Å². The van der Waals surface area contributed by atoms with E-state index >= 15 is 0 Å². The van der Waals surface area contributed by atoms with Crippen LogP contribution in [0.5, 0.6) is 0 Å². The average Bonchev–Trinajstić information content (AvgIpc) is 3.01. The largest absolute Gasteiger partial charge is 0.462 e. The van der Waals surface area contributed by atoms with E-state index in [0.29, 0.717) is 27.5 Å². The first kappa shape index (κ1) is 19.0. The van der Waals surface area contributed by atoms with E-state index in [9.17, 15) is 9.59 Å². The highest BCUT2D eigenvalue weighted by Gasteiger charge is 2.38. The monoisotopic (exact) mass is 406 g/mol. The summed E-state index contributed by atoms with van der Waals surface area (Å²) in [5.41, 5.74) is 3.18. The van der Waals surface area contributed by atoms with Crippen LogP contribution in [0.2, 0.25) is 5.02 Å². The molecule has 1 amide bonds. The van der Waals surface area contributed by atoms with E-state index in [0.717, 1.165) is 5.56 Å². The maximum Gasteiger partial charge on any atom is 0.340 e. The number of carbonyl (C=O) groups excluding carboxylic acids is 2. The van der Waals surface area contributed by atoms with Crippen LogP contribution in [0.4, 0.5) is 11.4 Å². The van der Waals surface area contributed by atoms with Crippen LogP contribution in [-0.2, 0) is 4.74 Å². The molecule has 146 valence electrons. The second-order valence-electron chi connectivity index (χ2n) is 6.55. The molecule has 1 aliphatic rings. The van der Waals surface area contributed by atoms with Crippen LogP contribution >= 0.6 is 11.6 Å². The zero-order valence-electron chi connectivity index (χ0n) is 15.8. The molecule has 0 bridgehead atoms. The third-order valence-electron chi connectivity index (χ3n) is 4.78. The molecule has 0 unspecified atom stereocenters. The Kier molecular flexibility index (Phi) is 5.23. The lowest BCUT2D eigenvalue weighted by Gasteiger charge is -2.28. The van der Waals surface area contributed by atoms with Gasteiger partial charge in [0.15, 0.2) is 0 Å². The number of nitrogens with zero attached hydrogens (tertiary/aromatic N) is 1. The number of rotatable bonds is 5. The molecular weight excluding hydrogens is 388 g/mol. The number of esters is 1. The molecule has 0 aromatic heterocycles. The number of fused-ring (bicyclic) bond motifs is 1. The zero-order chi connectivity index (χ0) is 20.4. The fourth-order valence-corrected chi connectivity index (χ4v) is 3.60. The summed E-state index contributed by atoms with van der Waals surface area (Å²) in [6, 6.07) is 21.7. The lowest BCUT2D eigenvalue weighted by molar-refractivity contribution is 0.0527. The van der Waals surface area contributed by atoms with Gasteiger partial charge in [0, 0.05) is 21.8 Å². The fraction of sp³-hybridized carbons (Fsp3) is 0.130. The van der Waals surface area contributed by atoms with Crippen LogP contribution < -0.4 is 10.2 Å². The SMILES string of the molecule is CCOC(=O)c1ccccc1N[C@@H]1c2ccccc2C(=O)N1c1ccc(Cl)cc1. The quantitative estimate of drug-likeness (QED) is 0.585. The van der Waals surface area contributed by atoms with Crippen LogP contribution in [0.15, 0.2) is 72.8 Å². The van der Waals surface area contributed by atoms with Gasteiger partial charge in [-0.25, -0.2) is 4.79 Å². The number of ether oxygens (including phenoxy) is 1. The zero-order valence-corrected chi connectivity index (χ0v) is 16.5. The molecule has 5 nitrogen and oxygen atoms in total. The van der Waals surface area contributed by atoms with E-state index in [2.05, 4.69) is 5.32 Å². The average molecular weight is 407 g/mol. The highest BCUT2D eigenvalue weighted by atomic mass is 35.5. The van der Waals surface area contributed by atoms with Gasteiger partial charge in [0.2, 0.25) is 0 Å². The van der Waals surface area contributed by atoms with Crippen molar-refractivity contribution in [2.75, 3.05) is 16.8 Å². The Labute approximate surface area is 173 Å². The topological polar surface area (TPSA) is 58.6 Å². The van der Waals surface area contributed by atoms with Crippen molar-refractivity contribution in [2.24, 2.45) is 0 Å². The van der Waals surface area contributed by atoms with Crippen LogP contribution in [0.25, 0.3) is 0 Å². The molecule has 6 heteroatoms. The number of para-hydroxylation sites is 1. The van der Waals surface area contributed by atoms with Crippen molar-refractivity contribution < 1.29 is 14.3 Å². The van der Waals surface area contributed by atoms with Gasteiger partial charge in [-0.15, -0.1) is 0 Å². The van der Waals surface area contributed by atoms with Crippen molar-refractivity contribution in [3.63, 3.8) is 0 Å². The minimum atomic E-state index is -0.476. The van der Waals surface area contributed by atoms with Crippen LogP contribution in [0.1, 0.15) is 39.4 Å². The van der Waals surface area contributed by atoms with Crippen LogP contribution in [0, 0.1) is 0 Å². The van der Waals surface area contributed by atoms with Crippen LogP contribution in [-0.4, -0.2) is 18.5 Å². The van der Waals surface area contributed by atoms with Crippen molar-refractivity contribution in [3.8, 4) is 0 Å². The predicted molar refractivity (Wildman–Crippen MR) is 113 cm³/mol. The second-order valence-corrected chi connectivity index (χ2v) is 6.99. The van der Waals surface area contributed by atoms with Gasteiger partial charge in [-0.05, 0) is 49.4 Å². The molecule has 3 aromatic rings. The molecule has 0 radical (unpaired) electrons. The maximum absolute atomic E-state index is 13.2. The summed E-state index contributed by atoms with van der Waals surface area (Å²) in [6.45, 7) is 2.05. The predicted octanol–water partition coefficient (Wildman–Crippen LogP) is 5.29. The molecule has 1 atom stereocenters. The van der Waals surface area contributed by atoms with E-state index in [1.807, 2.05) is 24.3 Å². The van der Waals surface area contributed by atoms with Gasteiger partial charge in [-0.3, -0.25) is 9.69 Å². The highest BCUT2D eigenvalue weighted by Crippen LogP contribution is 2.38. The normalized spacial score (nSPS) is 15.2. The third kappa shape index (κ3) is 3.57. The first-order chi connectivity index (χ1) is 14.1. The van der Waals surface area contributed by atoms with Crippen molar-refractivity contribution >= 4 is 34.9 Å². The van der Waals surface area contributed by atoms with Gasteiger partial charge in [0.25, 0.3) is 5.91 Å². The van der Waals surface area contributed by atoms with Crippen molar-refractivity contribution in [3.05, 3.63) is 94.5 Å². The van der Waals surface area contributed by atoms with E-state index < -0.39 is 12.1 Å². The van der Waals surface area contributed by atoms with Gasteiger partial charge < -0.3 is 10.1 Å². The summed E-state index contributed by atoms with van der Waals surface area (Å²) in [5, 5.41) is 3.96. The van der Waals surface area contributed by atoms with Crippen molar-refractivity contribution in [2.45, 2.75) is 13.1 Å². The Morgan fingerprint density at radius 3 is 2.48 bits per heavy atom. The summed E-state index contributed by atoms with van der Waals surface area (Å²) in [7, 11) is 0. The Hall–Kier alpha value is -3.31. The summed E-state index contributed by atoms with van der Waals surface area (Å²) >= 11 is 6.02. The molecular formula is C23H19ClN2O3. The Morgan fingerprint density at radius 1 is 1.03 bits per heavy atom. The molecule has 0 saturated carbocycles. The Bertz CT molecular complexity index is 1070. The number of halogens is 1. The molecule has 1 heterocycles. The molecule has 0 fully saturated rings.